The summed E-state index contributed by atoms with van der Waals surface area (Å²) in [5.74, 6) is 0.178. The van der Waals surface area contributed by atoms with Gasteiger partial charge in [-0.15, -0.1) is 0 Å². The van der Waals surface area contributed by atoms with E-state index in [-0.39, 0.29) is 16.9 Å². The van der Waals surface area contributed by atoms with Crippen molar-refractivity contribution < 1.29 is 4.79 Å². The number of piperidine rings is 1. The molecule has 24 heavy (non-hydrogen) atoms. The van der Waals surface area contributed by atoms with E-state index in [2.05, 4.69) is 15.2 Å². The van der Waals surface area contributed by atoms with Crippen LogP contribution in [0.1, 0.15) is 31.4 Å². The molecule has 0 unspecified atom stereocenters. The van der Waals surface area contributed by atoms with E-state index < -0.39 is 0 Å². The molecular formula is C18H20ClN3O2. The molecule has 126 valence electrons. The zero-order valence-electron chi connectivity index (χ0n) is 13.4. The van der Waals surface area contributed by atoms with Crippen LogP contribution >= 0.6 is 11.6 Å². The fourth-order valence-electron chi connectivity index (χ4n) is 3.90. The SMILES string of the molecule is O=C1CCC2(CCN(Cc3cc(=O)c4cccc(Cl)c4[nH]3)CC2)N1. The topological polar surface area (TPSA) is 65.2 Å². The lowest BCUT2D eigenvalue weighted by Crippen LogP contribution is -2.50. The van der Waals surface area contributed by atoms with E-state index in [4.69, 9.17) is 11.6 Å². The van der Waals surface area contributed by atoms with Gasteiger partial charge in [-0.2, -0.15) is 0 Å². The predicted molar refractivity (Wildman–Crippen MR) is 94.2 cm³/mol. The Morgan fingerprint density at radius 1 is 1.17 bits per heavy atom. The Morgan fingerprint density at radius 2 is 1.96 bits per heavy atom. The van der Waals surface area contributed by atoms with Crippen LogP contribution in [0.4, 0.5) is 0 Å². The number of nitrogens with zero attached hydrogens (tertiary/aromatic N) is 1. The fourth-order valence-corrected chi connectivity index (χ4v) is 4.12. The molecule has 2 aromatic rings. The Labute approximate surface area is 145 Å². The molecule has 0 atom stereocenters. The minimum Gasteiger partial charge on any atom is -0.356 e. The number of fused-ring (bicyclic) bond motifs is 1. The minimum atomic E-state index is -0.00205. The van der Waals surface area contributed by atoms with Crippen LogP contribution in [0.25, 0.3) is 10.9 Å². The number of hydrogen-bond acceptors (Lipinski definition) is 3. The van der Waals surface area contributed by atoms with Gasteiger partial charge in [-0.1, -0.05) is 17.7 Å². The summed E-state index contributed by atoms with van der Waals surface area (Å²) in [5.41, 5.74) is 1.59. The molecule has 3 heterocycles. The Morgan fingerprint density at radius 3 is 2.67 bits per heavy atom. The van der Waals surface area contributed by atoms with E-state index in [1.807, 2.05) is 0 Å². The lowest BCUT2D eigenvalue weighted by atomic mass is 9.86. The number of H-pyrrole nitrogens is 1. The number of halogens is 1. The number of benzene rings is 1. The summed E-state index contributed by atoms with van der Waals surface area (Å²) in [6, 6.07) is 7.04. The number of likely N-dealkylation sites (tertiary alicyclic amines) is 1. The lowest BCUT2D eigenvalue weighted by Gasteiger charge is -2.39. The number of rotatable bonds is 2. The highest BCUT2D eigenvalue weighted by Crippen LogP contribution is 2.31. The van der Waals surface area contributed by atoms with Crippen LogP contribution in [0.5, 0.6) is 0 Å². The van der Waals surface area contributed by atoms with Gasteiger partial charge in [-0.25, -0.2) is 0 Å². The standard InChI is InChI=1S/C18H20ClN3O2/c19-14-3-1-2-13-15(23)10-12(20-17(13)14)11-22-8-6-18(7-9-22)5-4-16(24)21-18/h1-3,10H,4-9,11H2,(H,20,23)(H,21,24). The van der Waals surface area contributed by atoms with Crippen LogP contribution in [-0.2, 0) is 11.3 Å². The molecule has 1 aromatic heterocycles. The van der Waals surface area contributed by atoms with Gasteiger partial charge in [0.15, 0.2) is 5.43 Å². The van der Waals surface area contributed by atoms with Crippen molar-refractivity contribution >= 4 is 28.4 Å². The molecule has 2 N–H and O–H groups in total. The largest absolute Gasteiger partial charge is 0.356 e. The molecule has 5 nitrogen and oxygen atoms in total. The van der Waals surface area contributed by atoms with Crippen molar-refractivity contribution in [2.24, 2.45) is 0 Å². The van der Waals surface area contributed by atoms with E-state index >= 15 is 0 Å². The number of hydrogen-bond donors (Lipinski definition) is 2. The predicted octanol–water partition coefficient (Wildman–Crippen LogP) is 2.43. The third kappa shape index (κ3) is 2.82. The van der Waals surface area contributed by atoms with Gasteiger partial charge in [0.25, 0.3) is 0 Å². The Hall–Kier alpha value is -1.85. The number of pyridine rings is 1. The smallest absolute Gasteiger partial charge is 0.220 e. The van der Waals surface area contributed by atoms with Crippen LogP contribution in [0.2, 0.25) is 5.02 Å². The van der Waals surface area contributed by atoms with Gasteiger partial charge in [0.05, 0.1) is 10.5 Å². The monoisotopic (exact) mass is 345 g/mol. The minimum absolute atomic E-state index is 0.00205. The highest BCUT2D eigenvalue weighted by atomic mass is 35.5. The van der Waals surface area contributed by atoms with Crippen LogP contribution < -0.4 is 10.7 Å². The molecule has 0 bridgehead atoms. The molecule has 0 saturated carbocycles. The zero-order valence-corrected chi connectivity index (χ0v) is 14.2. The number of amides is 1. The van der Waals surface area contributed by atoms with Crippen molar-refractivity contribution in [1.82, 2.24) is 15.2 Å². The van der Waals surface area contributed by atoms with Crippen LogP contribution in [0.15, 0.2) is 29.1 Å². The molecule has 2 fully saturated rings. The molecule has 1 spiro atoms. The van der Waals surface area contributed by atoms with E-state index in [0.717, 1.165) is 38.0 Å². The first kappa shape index (κ1) is 15.7. The second-order valence-corrected chi connectivity index (χ2v) is 7.33. The highest BCUT2D eigenvalue weighted by Gasteiger charge is 2.40. The van der Waals surface area contributed by atoms with Crippen LogP contribution in [0.3, 0.4) is 0 Å². The maximum atomic E-state index is 12.3. The lowest BCUT2D eigenvalue weighted by molar-refractivity contribution is -0.120. The molecular weight excluding hydrogens is 326 g/mol. The summed E-state index contributed by atoms with van der Waals surface area (Å²) in [6.45, 7) is 2.53. The number of nitrogens with one attached hydrogen (secondary N) is 2. The van der Waals surface area contributed by atoms with Gasteiger partial charge < -0.3 is 10.3 Å². The maximum Gasteiger partial charge on any atom is 0.220 e. The summed E-state index contributed by atoms with van der Waals surface area (Å²) in [6.07, 6.45) is 3.53. The van der Waals surface area contributed by atoms with Gasteiger partial charge in [0, 0.05) is 48.7 Å². The van der Waals surface area contributed by atoms with Gasteiger partial charge in [0.1, 0.15) is 0 Å². The summed E-state index contributed by atoms with van der Waals surface area (Å²) in [4.78, 5) is 29.4. The van der Waals surface area contributed by atoms with Crippen molar-refractivity contribution in [2.75, 3.05) is 13.1 Å². The zero-order chi connectivity index (χ0) is 16.7. The van der Waals surface area contributed by atoms with Gasteiger partial charge in [0.2, 0.25) is 5.91 Å². The molecule has 2 aliphatic heterocycles. The third-order valence-corrected chi connectivity index (χ3v) is 5.63. The Balaban J connectivity index is 1.50. The van der Waals surface area contributed by atoms with Gasteiger partial charge >= 0.3 is 0 Å². The average molecular weight is 346 g/mol. The second-order valence-electron chi connectivity index (χ2n) is 6.93. The van der Waals surface area contributed by atoms with E-state index in [9.17, 15) is 9.59 Å². The molecule has 0 radical (unpaired) electrons. The van der Waals surface area contributed by atoms with Crippen molar-refractivity contribution in [1.29, 1.82) is 0 Å². The maximum absolute atomic E-state index is 12.3. The first-order valence-corrected chi connectivity index (χ1v) is 8.76. The average Bonchev–Trinajstić information content (AvgIpc) is 2.92. The molecule has 4 rings (SSSR count). The second kappa shape index (κ2) is 5.90. The number of aromatic nitrogens is 1. The normalized spacial score (nSPS) is 20.6. The van der Waals surface area contributed by atoms with Crippen molar-refractivity contribution in [3.8, 4) is 0 Å². The van der Waals surface area contributed by atoms with Crippen molar-refractivity contribution in [3.05, 3.63) is 45.2 Å². The Kier molecular flexibility index (Phi) is 3.85. The van der Waals surface area contributed by atoms with E-state index in [1.54, 1.807) is 24.3 Å². The van der Waals surface area contributed by atoms with Crippen molar-refractivity contribution in [3.63, 3.8) is 0 Å². The summed E-state index contributed by atoms with van der Waals surface area (Å²) in [7, 11) is 0. The molecule has 2 aliphatic rings. The third-order valence-electron chi connectivity index (χ3n) is 5.31. The molecule has 0 aliphatic carbocycles. The first-order chi connectivity index (χ1) is 11.5. The highest BCUT2D eigenvalue weighted by molar-refractivity contribution is 6.35. The molecule has 1 amide bonds. The molecule has 1 aromatic carbocycles. The van der Waals surface area contributed by atoms with E-state index in [0.29, 0.717) is 28.9 Å². The van der Waals surface area contributed by atoms with Gasteiger partial charge in [-0.3, -0.25) is 14.5 Å². The summed E-state index contributed by atoms with van der Waals surface area (Å²) >= 11 is 6.22. The quantitative estimate of drug-likeness (QED) is 0.878. The first-order valence-electron chi connectivity index (χ1n) is 8.39. The molecule has 2 saturated heterocycles. The summed E-state index contributed by atoms with van der Waals surface area (Å²) < 4.78 is 0. The molecule has 6 heteroatoms. The number of aromatic amines is 1. The van der Waals surface area contributed by atoms with Crippen LogP contribution in [-0.4, -0.2) is 34.4 Å². The van der Waals surface area contributed by atoms with E-state index in [1.165, 1.54) is 0 Å². The van der Waals surface area contributed by atoms with Crippen LogP contribution in [0, 0.1) is 0 Å². The summed E-state index contributed by atoms with van der Waals surface area (Å²) in [5, 5.41) is 4.34. The van der Waals surface area contributed by atoms with Crippen molar-refractivity contribution in [2.45, 2.75) is 37.8 Å². The number of carbonyl (C=O) groups is 1. The van der Waals surface area contributed by atoms with Gasteiger partial charge in [-0.05, 0) is 31.4 Å². The number of carbonyl (C=O) groups excluding carboxylic acids is 1. The number of para-hydroxylation sites is 1. The fraction of sp³-hybridized carbons (Fsp3) is 0.444. The Bertz CT molecular complexity index is 853.